The van der Waals surface area contributed by atoms with Crippen LogP contribution >= 0.6 is 0 Å². The number of amides is 1. The Labute approximate surface area is 95.0 Å². The number of rotatable bonds is 1. The molecule has 1 unspecified atom stereocenters. The lowest BCUT2D eigenvalue weighted by Crippen LogP contribution is -2.28. The van der Waals surface area contributed by atoms with Crippen LogP contribution in [0.2, 0.25) is 0 Å². The average Bonchev–Trinajstić information content (AvgIpc) is 2.70. The number of hydrogen-bond acceptors (Lipinski definition) is 3. The number of H-pyrrole nitrogens is 1. The van der Waals surface area contributed by atoms with Crippen molar-refractivity contribution in [3.8, 4) is 0 Å². The number of anilines is 1. The van der Waals surface area contributed by atoms with Gasteiger partial charge in [-0.15, -0.1) is 0 Å². The van der Waals surface area contributed by atoms with Crippen LogP contribution in [0.5, 0.6) is 0 Å². The molecular weight excluding hydrogens is 204 g/mol. The Morgan fingerprint density at radius 2 is 2.25 bits per heavy atom. The van der Waals surface area contributed by atoms with Gasteiger partial charge in [0.05, 0.1) is 0 Å². The minimum atomic E-state index is -0.0673. The summed E-state index contributed by atoms with van der Waals surface area (Å²) in [5.74, 6) is 0.738. The molecule has 0 aromatic carbocycles. The van der Waals surface area contributed by atoms with Crippen LogP contribution in [0.15, 0.2) is 6.07 Å². The van der Waals surface area contributed by atoms with Gasteiger partial charge in [-0.3, -0.25) is 14.8 Å². The monoisotopic (exact) mass is 222 g/mol. The van der Waals surface area contributed by atoms with Gasteiger partial charge in [-0.2, -0.15) is 5.10 Å². The largest absolute Gasteiger partial charge is 0.326 e. The molecule has 16 heavy (non-hydrogen) atoms. The second kappa shape index (κ2) is 3.59. The van der Waals surface area contributed by atoms with Crippen molar-refractivity contribution >= 4 is 11.7 Å². The van der Waals surface area contributed by atoms with Crippen molar-refractivity contribution in [1.82, 2.24) is 10.2 Å². The minimum absolute atomic E-state index is 0.0101. The van der Waals surface area contributed by atoms with E-state index >= 15 is 0 Å². The lowest BCUT2D eigenvalue weighted by atomic mass is 9.92. The SMILES string of the molecule is CC(C)(C)c1cc(N2CC(N)CC2=O)n[nH]1. The summed E-state index contributed by atoms with van der Waals surface area (Å²) in [6.07, 6.45) is 0.414. The third kappa shape index (κ3) is 1.95. The van der Waals surface area contributed by atoms with Crippen LogP contribution in [0.1, 0.15) is 32.9 Å². The molecule has 5 nitrogen and oxygen atoms in total. The molecule has 88 valence electrons. The van der Waals surface area contributed by atoms with Crippen LogP contribution in [-0.2, 0) is 10.2 Å². The standard InChI is InChI=1S/C11H18N4O/c1-11(2,3)8-5-9(14-13-8)15-6-7(12)4-10(15)16/h5,7H,4,6,12H2,1-3H3,(H,13,14). The number of carbonyl (C=O) groups excluding carboxylic acids is 1. The number of aromatic nitrogens is 2. The van der Waals surface area contributed by atoms with Gasteiger partial charge in [-0.05, 0) is 0 Å². The number of aromatic amines is 1. The summed E-state index contributed by atoms with van der Waals surface area (Å²) in [6.45, 7) is 6.86. The molecule has 0 aliphatic carbocycles. The van der Waals surface area contributed by atoms with Gasteiger partial charge in [-0.1, -0.05) is 20.8 Å². The van der Waals surface area contributed by atoms with E-state index in [4.69, 9.17) is 5.73 Å². The fraction of sp³-hybridized carbons (Fsp3) is 0.636. The lowest BCUT2D eigenvalue weighted by molar-refractivity contribution is -0.117. The topological polar surface area (TPSA) is 75.0 Å². The van der Waals surface area contributed by atoms with Crippen LogP contribution in [0, 0.1) is 0 Å². The summed E-state index contributed by atoms with van der Waals surface area (Å²) in [5, 5.41) is 7.15. The smallest absolute Gasteiger partial charge is 0.229 e. The van der Waals surface area contributed by atoms with Gasteiger partial charge in [0.25, 0.3) is 0 Å². The van der Waals surface area contributed by atoms with Crippen LogP contribution < -0.4 is 10.6 Å². The number of hydrogen-bond donors (Lipinski definition) is 2. The highest BCUT2D eigenvalue weighted by molar-refractivity contribution is 5.95. The summed E-state index contributed by atoms with van der Waals surface area (Å²) in [4.78, 5) is 13.3. The predicted molar refractivity (Wildman–Crippen MR) is 62.2 cm³/mol. The molecule has 1 fully saturated rings. The van der Waals surface area contributed by atoms with E-state index in [0.717, 1.165) is 5.69 Å². The van der Waals surface area contributed by atoms with Crippen molar-refractivity contribution in [1.29, 1.82) is 0 Å². The van der Waals surface area contributed by atoms with E-state index in [9.17, 15) is 4.79 Å². The first-order chi connectivity index (χ1) is 7.38. The Kier molecular flexibility index (Phi) is 2.50. The van der Waals surface area contributed by atoms with Crippen molar-refractivity contribution in [3.63, 3.8) is 0 Å². The summed E-state index contributed by atoms with van der Waals surface area (Å²) in [6, 6.07) is 1.86. The first kappa shape index (κ1) is 11.1. The van der Waals surface area contributed by atoms with E-state index in [0.29, 0.717) is 18.8 Å². The third-order valence-electron chi connectivity index (χ3n) is 2.80. The molecule has 0 saturated carbocycles. The molecule has 3 N–H and O–H groups in total. The highest BCUT2D eigenvalue weighted by Crippen LogP contribution is 2.25. The van der Waals surface area contributed by atoms with E-state index < -0.39 is 0 Å². The molecular formula is C11H18N4O. The summed E-state index contributed by atoms with van der Waals surface area (Å²) in [5.41, 5.74) is 6.78. The molecule has 0 radical (unpaired) electrons. The Morgan fingerprint density at radius 3 is 2.69 bits per heavy atom. The molecule has 1 aromatic heterocycles. The minimum Gasteiger partial charge on any atom is -0.326 e. The fourth-order valence-electron chi connectivity index (χ4n) is 1.79. The van der Waals surface area contributed by atoms with Crippen molar-refractivity contribution in [2.45, 2.75) is 38.6 Å². The van der Waals surface area contributed by atoms with Crippen molar-refractivity contribution < 1.29 is 4.79 Å². The predicted octanol–water partition coefficient (Wildman–Crippen LogP) is 0.771. The molecule has 1 aliphatic rings. The zero-order valence-electron chi connectivity index (χ0n) is 9.95. The number of nitrogens with two attached hydrogens (primary N) is 1. The lowest BCUT2D eigenvalue weighted by Gasteiger charge is -2.15. The Morgan fingerprint density at radius 1 is 1.56 bits per heavy atom. The summed E-state index contributed by atoms with van der Waals surface area (Å²) >= 11 is 0. The van der Waals surface area contributed by atoms with Crippen molar-refractivity contribution in [3.05, 3.63) is 11.8 Å². The summed E-state index contributed by atoms with van der Waals surface area (Å²) < 4.78 is 0. The fourth-order valence-corrected chi connectivity index (χ4v) is 1.79. The Bertz CT molecular complexity index is 404. The molecule has 0 bridgehead atoms. The van der Waals surface area contributed by atoms with Gasteiger partial charge in [-0.25, -0.2) is 0 Å². The second-order valence-electron chi connectivity index (χ2n) is 5.36. The van der Waals surface area contributed by atoms with Gasteiger partial charge in [0.2, 0.25) is 5.91 Å². The zero-order valence-corrected chi connectivity index (χ0v) is 9.95. The molecule has 2 rings (SSSR count). The van der Waals surface area contributed by atoms with Gasteiger partial charge >= 0.3 is 0 Å². The number of carbonyl (C=O) groups is 1. The van der Waals surface area contributed by atoms with Crippen LogP contribution in [0.3, 0.4) is 0 Å². The Balaban J connectivity index is 2.23. The molecule has 1 aromatic rings. The molecule has 1 atom stereocenters. The van der Waals surface area contributed by atoms with Crippen molar-refractivity contribution in [2.24, 2.45) is 5.73 Å². The quantitative estimate of drug-likeness (QED) is 0.737. The van der Waals surface area contributed by atoms with Crippen LogP contribution in [-0.4, -0.2) is 28.7 Å². The van der Waals surface area contributed by atoms with E-state index in [1.165, 1.54) is 0 Å². The van der Waals surface area contributed by atoms with Gasteiger partial charge in [0, 0.05) is 36.2 Å². The normalized spacial score (nSPS) is 21.9. The molecule has 1 aliphatic heterocycles. The molecule has 2 heterocycles. The first-order valence-corrected chi connectivity index (χ1v) is 5.50. The van der Waals surface area contributed by atoms with Gasteiger partial charge < -0.3 is 5.73 Å². The van der Waals surface area contributed by atoms with E-state index in [1.54, 1.807) is 4.90 Å². The van der Waals surface area contributed by atoms with Crippen molar-refractivity contribution in [2.75, 3.05) is 11.4 Å². The zero-order chi connectivity index (χ0) is 11.9. The molecule has 5 heteroatoms. The maximum atomic E-state index is 11.6. The molecule has 1 saturated heterocycles. The second-order valence-corrected chi connectivity index (χ2v) is 5.36. The first-order valence-electron chi connectivity index (χ1n) is 5.50. The maximum absolute atomic E-state index is 11.6. The third-order valence-corrected chi connectivity index (χ3v) is 2.80. The Hall–Kier alpha value is -1.36. The van der Waals surface area contributed by atoms with E-state index in [-0.39, 0.29) is 17.4 Å². The average molecular weight is 222 g/mol. The van der Waals surface area contributed by atoms with Gasteiger partial charge in [0.15, 0.2) is 5.82 Å². The molecule has 1 amide bonds. The van der Waals surface area contributed by atoms with E-state index in [2.05, 4.69) is 31.0 Å². The maximum Gasteiger partial charge on any atom is 0.229 e. The van der Waals surface area contributed by atoms with Crippen LogP contribution in [0.25, 0.3) is 0 Å². The van der Waals surface area contributed by atoms with Crippen LogP contribution in [0.4, 0.5) is 5.82 Å². The van der Waals surface area contributed by atoms with E-state index in [1.807, 2.05) is 6.07 Å². The number of nitrogens with one attached hydrogen (secondary N) is 1. The highest BCUT2D eigenvalue weighted by atomic mass is 16.2. The highest BCUT2D eigenvalue weighted by Gasteiger charge is 2.30. The molecule has 0 spiro atoms. The van der Waals surface area contributed by atoms with Gasteiger partial charge in [0.1, 0.15) is 0 Å². The number of nitrogens with zero attached hydrogens (tertiary/aromatic N) is 2. The summed E-state index contributed by atoms with van der Waals surface area (Å²) in [7, 11) is 0.